The molecule has 78 valence electrons. The fourth-order valence-corrected chi connectivity index (χ4v) is 1.25. The van der Waals surface area contributed by atoms with Crippen molar-refractivity contribution < 1.29 is 14.2 Å². The lowest BCUT2D eigenvalue weighted by Crippen LogP contribution is -2.03. The maximum absolute atomic E-state index is 13.3. The lowest BCUT2D eigenvalue weighted by Gasteiger charge is -2.12. The molecule has 0 unspecified atom stereocenters. The number of aliphatic hydroxyl groups excluding tert-OH is 1. The van der Waals surface area contributed by atoms with Crippen molar-refractivity contribution >= 4 is 0 Å². The van der Waals surface area contributed by atoms with E-state index in [1.165, 1.54) is 6.07 Å². The third-order valence-electron chi connectivity index (χ3n) is 2.06. The van der Waals surface area contributed by atoms with Gasteiger partial charge in [0, 0.05) is 5.56 Å². The van der Waals surface area contributed by atoms with Crippen LogP contribution < -0.4 is 4.74 Å². The highest BCUT2D eigenvalue weighted by molar-refractivity contribution is 5.40. The second-order valence-corrected chi connectivity index (χ2v) is 3.18. The van der Waals surface area contributed by atoms with Gasteiger partial charge in [-0.15, -0.1) is 0 Å². The summed E-state index contributed by atoms with van der Waals surface area (Å²) in [6, 6.07) is 3.00. The van der Waals surface area contributed by atoms with Gasteiger partial charge in [0.1, 0.15) is 0 Å². The van der Waals surface area contributed by atoms with Crippen LogP contribution in [0.15, 0.2) is 12.1 Å². The van der Waals surface area contributed by atoms with Crippen molar-refractivity contribution in [2.24, 2.45) is 0 Å². The van der Waals surface area contributed by atoms with E-state index in [9.17, 15) is 4.39 Å². The van der Waals surface area contributed by atoms with Crippen LogP contribution in [0.3, 0.4) is 0 Å². The van der Waals surface area contributed by atoms with E-state index >= 15 is 0 Å². The monoisotopic (exact) mass is 198 g/mol. The average molecular weight is 198 g/mol. The molecule has 0 amide bonds. The Morgan fingerprint density at radius 1 is 1.43 bits per heavy atom. The Hall–Kier alpha value is -1.09. The summed E-state index contributed by atoms with van der Waals surface area (Å²) < 4.78 is 18.6. The number of hydrogen-bond donors (Lipinski definition) is 1. The standard InChI is InChI=1S/C11H15FO2/c1-3-6-14-11-9(7-13)8(2)4-5-10(11)12/h4-5,13H,3,6-7H2,1-2H3. The third kappa shape index (κ3) is 2.23. The smallest absolute Gasteiger partial charge is 0.165 e. The molecule has 3 heteroatoms. The highest BCUT2D eigenvalue weighted by Gasteiger charge is 2.11. The Morgan fingerprint density at radius 2 is 2.14 bits per heavy atom. The van der Waals surface area contributed by atoms with Crippen molar-refractivity contribution in [3.05, 3.63) is 29.1 Å². The molecular weight excluding hydrogens is 183 g/mol. The molecule has 0 bridgehead atoms. The largest absolute Gasteiger partial charge is 0.490 e. The lowest BCUT2D eigenvalue weighted by atomic mass is 10.1. The third-order valence-corrected chi connectivity index (χ3v) is 2.06. The van der Waals surface area contributed by atoms with Crippen molar-refractivity contribution in [1.29, 1.82) is 0 Å². The molecule has 0 aromatic heterocycles. The Labute approximate surface area is 83.3 Å². The van der Waals surface area contributed by atoms with Crippen LogP contribution in [0.5, 0.6) is 5.75 Å². The fourth-order valence-electron chi connectivity index (χ4n) is 1.25. The zero-order chi connectivity index (χ0) is 10.6. The summed E-state index contributed by atoms with van der Waals surface area (Å²) in [6.07, 6.45) is 0.818. The van der Waals surface area contributed by atoms with E-state index in [1.807, 2.05) is 13.8 Å². The van der Waals surface area contributed by atoms with Gasteiger partial charge in [-0.25, -0.2) is 4.39 Å². The van der Waals surface area contributed by atoms with Crippen LogP contribution in [0, 0.1) is 12.7 Å². The molecule has 2 nitrogen and oxygen atoms in total. The number of aryl methyl sites for hydroxylation is 1. The van der Waals surface area contributed by atoms with Gasteiger partial charge in [-0.1, -0.05) is 13.0 Å². The summed E-state index contributed by atoms with van der Waals surface area (Å²) in [5.74, 6) is -0.220. The molecule has 0 atom stereocenters. The Balaban J connectivity index is 3.03. The lowest BCUT2D eigenvalue weighted by molar-refractivity contribution is 0.255. The quantitative estimate of drug-likeness (QED) is 0.805. The van der Waals surface area contributed by atoms with Crippen LogP contribution >= 0.6 is 0 Å². The molecule has 0 radical (unpaired) electrons. The van der Waals surface area contributed by atoms with Crippen molar-refractivity contribution in [1.82, 2.24) is 0 Å². The summed E-state index contributed by atoms with van der Waals surface area (Å²) in [7, 11) is 0. The summed E-state index contributed by atoms with van der Waals surface area (Å²) in [5.41, 5.74) is 1.39. The molecule has 1 aromatic carbocycles. The number of ether oxygens (including phenoxy) is 1. The molecule has 1 N–H and O–H groups in total. The van der Waals surface area contributed by atoms with Crippen LogP contribution in [-0.4, -0.2) is 11.7 Å². The molecular formula is C11H15FO2. The van der Waals surface area contributed by atoms with Gasteiger partial charge in [-0.2, -0.15) is 0 Å². The summed E-state index contributed by atoms with van der Waals surface area (Å²) in [6.45, 7) is 4.05. The minimum Gasteiger partial charge on any atom is -0.490 e. The van der Waals surface area contributed by atoms with E-state index < -0.39 is 5.82 Å². The zero-order valence-electron chi connectivity index (χ0n) is 8.51. The number of halogens is 1. The van der Waals surface area contributed by atoms with Crippen LogP contribution in [-0.2, 0) is 6.61 Å². The van der Waals surface area contributed by atoms with E-state index in [-0.39, 0.29) is 12.4 Å². The van der Waals surface area contributed by atoms with Crippen molar-refractivity contribution in [3.8, 4) is 5.75 Å². The van der Waals surface area contributed by atoms with Gasteiger partial charge in [0.25, 0.3) is 0 Å². The van der Waals surface area contributed by atoms with Gasteiger partial charge in [0.15, 0.2) is 11.6 Å². The van der Waals surface area contributed by atoms with Crippen LogP contribution in [0.2, 0.25) is 0 Å². The number of aliphatic hydroxyl groups is 1. The molecule has 14 heavy (non-hydrogen) atoms. The minimum atomic E-state index is -0.409. The maximum atomic E-state index is 13.3. The number of benzene rings is 1. The first-order valence-corrected chi connectivity index (χ1v) is 4.72. The Bertz CT molecular complexity index is 310. The topological polar surface area (TPSA) is 29.5 Å². The molecule has 0 saturated heterocycles. The van der Waals surface area contributed by atoms with Crippen LogP contribution in [0.25, 0.3) is 0 Å². The molecule has 0 spiro atoms. The van der Waals surface area contributed by atoms with Crippen LogP contribution in [0.4, 0.5) is 4.39 Å². The van der Waals surface area contributed by atoms with Gasteiger partial charge in [0.2, 0.25) is 0 Å². The zero-order valence-corrected chi connectivity index (χ0v) is 8.51. The number of hydrogen-bond acceptors (Lipinski definition) is 2. The summed E-state index contributed by atoms with van der Waals surface area (Å²) >= 11 is 0. The van der Waals surface area contributed by atoms with Crippen LogP contribution in [0.1, 0.15) is 24.5 Å². The normalized spacial score (nSPS) is 10.3. The van der Waals surface area contributed by atoms with Gasteiger partial charge in [0.05, 0.1) is 13.2 Å². The highest BCUT2D eigenvalue weighted by atomic mass is 19.1. The maximum Gasteiger partial charge on any atom is 0.165 e. The second-order valence-electron chi connectivity index (χ2n) is 3.18. The molecule has 0 aliphatic rings. The minimum absolute atomic E-state index is 0.189. The van der Waals surface area contributed by atoms with Gasteiger partial charge in [-0.05, 0) is 25.0 Å². The van der Waals surface area contributed by atoms with E-state index in [2.05, 4.69) is 0 Å². The molecule has 1 rings (SSSR count). The first-order chi connectivity index (χ1) is 6.70. The van der Waals surface area contributed by atoms with Crippen molar-refractivity contribution in [3.63, 3.8) is 0 Å². The Morgan fingerprint density at radius 3 is 2.71 bits per heavy atom. The highest BCUT2D eigenvalue weighted by Crippen LogP contribution is 2.26. The SMILES string of the molecule is CCCOc1c(F)ccc(C)c1CO. The molecule has 0 aliphatic carbocycles. The molecule has 1 aromatic rings. The van der Waals surface area contributed by atoms with E-state index in [1.54, 1.807) is 6.07 Å². The predicted molar refractivity (Wildman–Crippen MR) is 52.8 cm³/mol. The van der Waals surface area contributed by atoms with E-state index in [4.69, 9.17) is 9.84 Å². The molecule has 0 aliphatic heterocycles. The molecule has 0 saturated carbocycles. The fraction of sp³-hybridized carbons (Fsp3) is 0.455. The summed E-state index contributed by atoms with van der Waals surface area (Å²) in [5, 5.41) is 9.08. The van der Waals surface area contributed by atoms with Gasteiger partial charge in [-0.3, -0.25) is 0 Å². The van der Waals surface area contributed by atoms with Gasteiger partial charge >= 0.3 is 0 Å². The first kappa shape index (κ1) is 11.0. The van der Waals surface area contributed by atoms with Crippen molar-refractivity contribution in [2.45, 2.75) is 26.9 Å². The van der Waals surface area contributed by atoms with Gasteiger partial charge < -0.3 is 9.84 Å². The summed E-state index contributed by atoms with van der Waals surface area (Å²) in [4.78, 5) is 0. The van der Waals surface area contributed by atoms with E-state index in [0.717, 1.165) is 12.0 Å². The Kier molecular flexibility index (Phi) is 3.89. The second kappa shape index (κ2) is 4.96. The molecule has 0 heterocycles. The van der Waals surface area contributed by atoms with E-state index in [0.29, 0.717) is 12.2 Å². The number of rotatable bonds is 4. The van der Waals surface area contributed by atoms with Crippen molar-refractivity contribution in [2.75, 3.05) is 6.61 Å². The average Bonchev–Trinajstić information content (AvgIpc) is 2.19. The first-order valence-electron chi connectivity index (χ1n) is 4.72. The predicted octanol–water partition coefficient (Wildman–Crippen LogP) is 2.42. The molecule has 0 fully saturated rings.